The second-order valence-electron chi connectivity index (χ2n) is 6.85. The third kappa shape index (κ3) is 3.87. The SMILES string of the molecule is CCc1oc2ccccc2c1CN(C)C(=O)COc1ccc2ccc(=O)oc2c1. The van der Waals surface area contributed by atoms with Gasteiger partial charge in [-0.25, -0.2) is 4.79 Å². The van der Waals surface area contributed by atoms with Crippen molar-refractivity contribution in [2.75, 3.05) is 13.7 Å². The highest BCUT2D eigenvalue weighted by molar-refractivity contribution is 5.84. The predicted octanol–water partition coefficient (Wildman–Crippen LogP) is 4.14. The molecule has 0 atom stereocenters. The van der Waals surface area contributed by atoms with E-state index in [1.807, 2.05) is 31.2 Å². The first-order valence-corrected chi connectivity index (χ1v) is 9.45. The number of fused-ring (bicyclic) bond motifs is 2. The fraction of sp³-hybridized carbons (Fsp3) is 0.217. The lowest BCUT2D eigenvalue weighted by molar-refractivity contribution is -0.132. The summed E-state index contributed by atoms with van der Waals surface area (Å²) in [4.78, 5) is 25.6. The summed E-state index contributed by atoms with van der Waals surface area (Å²) >= 11 is 0. The van der Waals surface area contributed by atoms with Crippen LogP contribution in [-0.4, -0.2) is 24.5 Å². The zero-order chi connectivity index (χ0) is 20.4. The highest BCUT2D eigenvalue weighted by Gasteiger charge is 2.17. The molecular weight excluding hydrogens is 370 g/mol. The van der Waals surface area contributed by atoms with Gasteiger partial charge in [0.2, 0.25) is 0 Å². The topological polar surface area (TPSA) is 72.9 Å². The van der Waals surface area contributed by atoms with Crippen LogP contribution in [0.4, 0.5) is 0 Å². The van der Waals surface area contributed by atoms with Crippen LogP contribution in [0.5, 0.6) is 5.75 Å². The van der Waals surface area contributed by atoms with Crippen LogP contribution in [0.15, 0.2) is 68.2 Å². The fourth-order valence-electron chi connectivity index (χ4n) is 3.32. The van der Waals surface area contributed by atoms with E-state index in [0.29, 0.717) is 17.9 Å². The van der Waals surface area contributed by atoms with Crippen LogP contribution in [0.3, 0.4) is 0 Å². The van der Waals surface area contributed by atoms with E-state index in [1.165, 1.54) is 6.07 Å². The normalized spacial score (nSPS) is 11.1. The molecule has 0 aliphatic rings. The monoisotopic (exact) mass is 391 g/mol. The molecule has 6 nitrogen and oxygen atoms in total. The van der Waals surface area contributed by atoms with Crippen LogP contribution in [0, 0.1) is 0 Å². The number of rotatable bonds is 6. The Labute approximate surface area is 167 Å². The summed E-state index contributed by atoms with van der Waals surface area (Å²) in [5.41, 5.74) is 1.85. The molecule has 148 valence electrons. The number of furan rings is 1. The van der Waals surface area contributed by atoms with Crippen molar-refractivity contribution in [1.82, 2.24) is 4.90 Å². The zero-order valence-electron chi connectivity index (χ0n) is 16.3. The number of likely N-dealkylation sites (N-methyl/N-ethyl adjacent to an activating group) is 1. The minimum Gasteiger partial charge on any atom is -0.484 e. The van der Waals surface area contributed by atoms with Gasteiger partial charge in [-0.15, -0.1) is 0 Å². The summed E-state index contributed by atoms with van der Waals surface area (Å²) in [6.07, 6.45) is 0.755. The van der Waals surface area contributed by atoms with Crippen molar-refractivity contribution in [3.8, 4) is 5.75 Å². The lowest BCUT2D eigenvalue weighted by Crippen LogP contribution is -2.31. The van der Waals surface area contributed by atoms with Gasteiger partial charge in [0, 0.05) is 48.5 Å². The second-order valence-corrected chi connectivity index (χ2v) is 6.85. The predicted molar refractivity (Wildman–Crippen MR) is 110 cm³/mol. The molecule has 0 unspecified atom stereocenters. The average Bonchev–Trinajstić information content (AvgIpc) is 3.09. The van der Waals surface area contributed by atoms with Gasteiger partial charge >= 0.3 is 5.63 Å². The van der Waals surface area contributed by atoms with Gasteiger partial charge in [0.1, 0.15) is 22.7 Å². The van der Waals surface area contributed by atoms with Gasteiger partial charge in [0.25, 0.3) is 5.91 Å². The molecule has 0 spiro atoms. The van der Waals surface area contributed by atoms with Crippen molar-refractivity contribution in [1.29, 1.82) is 0 Å². The molecule has 4 rings (SSSR count). The Hall–Kier alpha value is -3.54. The Bertz CT molecular complexity index is 1240. The van der Waals surface area contributed by atoms with Crippen molar-refractivity contribution in [2.24, 2.45) is 0 Å². The highest BCUT2D eigenvalue weighted by atomic mass is 16.5. The summed E-state index contributed by atoms with van der Waals surface area (Å²) in [5.74, 6) is 1.19. The molecule has 0 radical (unpaired) electrons. The number of benzene rings is 2. The van der Waals surface area contributed by atoms with Gasteiger partial charge in [-0.1, -0.05) is 25.1 Å². The minimum absolute atomic E-state index is 0.115. The van der Waals surface area contributed by atoms with Gasteiger partial charge < -0.3 is 18.5 Å². The minimum atomic E-state index is -0.426. The summed E-state index contributed by atoms with van der Waals surface area (Å²) in [6, 6.07) is 16.0. The van der Waals surface area contributed by atoms with Crippen LogP contribution < -0.4 is 10.4 Å². The van der Waals surface area contributed by atoms with E-state index in [2.05, 4.69) is 0 Å². The maximum atomic E-state index is 12.6. The Morgan fingerprint density at radius 1 is 1.03 bits per heavy atom. The smallest absolute Gasteiger partial charge is 0.336 e. The summed E-state index contributed by atoms with van der Waals surface area (Å²) in [5, 5.41) is 1.81. The number of carbonyl (C=O) groups excluding carboxylic acids is 1. The third-order valence-electron chi connectivity index (χ3n) is 4.88. The molecule has 0 saturated heterocycles. The quantitative estimate of drug-likeness (QED) is 0.462. The molecule has 0 aliphatic heterocycles. The number of hydrogen-bond acceptors (Lipinski definition) is 5. The Balaban J connectivity index is 1.46. The maximum absolute atomic E-state index is 12.6. The van der Waals surface area contributed by atoms with E-state index in [9.17, 15) is 9.59 Å². The van der Waals surface area contributed by atoms with Crippen LogP contribution in [-0.2, 0) is 17.8 Å². The van der Waals surface area contributed by atoms with Crippen LogP contribution in [0.25, 0.3) is 21.9 Å². The number of aryl methyl sites for hydroxylation is 1. The molecule has 0 bridgehead atoms. The van der Waals surface area contributed by atoms with Crippen LogP contribution >= 0.6 is 0 Å². The molecule has 1 amide bonds. The Morgan fingerprint density at radius 2 is 1.83 bits per heavy atom. The highest BCUT2D eigenvalue weighted by Crippen LogP contribution is 2.27. The average molecular weight is 391 g/mol. The molecule has 2 heterocycles. The standard InChI is InChI=1S/C23H21NO5/c1-3-19-18(17-6-4-5-7-20(17)28-19)13-24(2)22(25)14-27-16-10-8-15-9-11-23(26)29-21(15)12-16/h4-12H,3,13-14H2,1-2H3. The molecule has 6 heteroatoms. The first-order valence-electron chi connectivity index (χ1n) is 9.45. The molecule has 0 N–H and O–H groups in total. The number of ether oxygens (including phenoxy) is 1. The van der Waals surface area contributed by atoms with Crippen molar-refractivity contribution >= 4 is 27.8 Å². The molecule has 0 aliphatic carbocycles. The molecule has 0 fully saturated rings. The zero-order valence-corrected chi connectivity index (χ0v) is 16.3. The molecular formula is C23H21NO5. The van der Waals surface area contributed by atoms with Crippen molar-refractivity contribution in [3.63, 3.8) is 0 Å². The van der Waals surface area contributed by atoms with E-state index in [1.54, 1.807) is 36.2 Å². The van der Waals surface area contributed by atoms with E-state index < -0.39 is 5.63 Å². The van der Waals surface area contributed by atoms with Crippen LogP contribution in [0.2, 0.25) is 0 Å². The van der Waals surface area contributed by atoms with Gasteiger partial charge in [-0.3, -0.25) is 4.79 Å². The van der Waals surface area contributed by atoms with Gasteiger partial charge in [0.05, 0.1) is 0 Å². The number of amides is 1. The molecule has 0 saturated carbocycles. The Morgan fingerprint density at radius 3 is 2.66 bits per heavy atom. The summed E-state index contributed by atoms with van der Waals surface area (Å²) in [7, 11) is 1.74. The number of para-hydroxylation sites is 1. The number of nitrogens with zero attached hydrogens (tertiary/aromatic N) is 1. The fourth-order valence-corrected chi connectivity index (χ4v) is 3.32. The van der Waals surface area contributed by atoms with Gasteiger partial charge in [0.15, 0.2) is 6.61 Å². The maximum Gasteiger partial charge on any atom is 0.336 e. The summed E-state index contributed by atoms with van der Waals surface area (Å²) < 4.78 is 16.7. The van der Waals surface area contributed by atoms with Crippen molar-refractivity contribution < 1.29 is 18.4 Å². The third-order valence-corrected chi connectivity index (χ3v) is 4.88. The van der Waals surface area contributed by atoms with E-state index in [-0.39, 0.29) is 12.5 Å². The molecule has 29 heavy (non-hydrogen) atoms. The van der Waals surface area contributed by atoms with Gasteiger partial charge in [-0.05, 0) is 24.3 Å². The lowest BCUT2D eigenvalue weighted by atomic mass is 10.1. The van der Waals surface area contributed by atoms with Crippen LogP contribution in [0.1, 0.15) is 18.2 Å². The van der Waals surface area contributed by atoms with E-state index >= 15 is 0 Å². The first-order chi connectivity index (χ1) is 14.0. The Kier molecular flexibility index (Phi) is 5.08. The molecule has 4 aromatic rings. The molecule has 2 aromatic heterocycles. The van der Waals surface area contributed by atoms with Crippen molar-refractivity contribution in [2.45, 2.75) is 19.9 Å². The largest absolute Gasteiger partial charge is 0.484 e. The number of hydrogen-bond donors (Lipinski definition) is 0. The molecule has 2 aromatic carbocycles. The number of carbonyl (C=O) groups is 1. The second kappa shape index (κ2) is 7.83. The van der Waals surface area contributed by atoms with Gasteiger partial charge in [-0.2, -0.15) is 0 Å². The first kappa shape index (κ1) is 18.8. The van der Waals surface area contributed by atoms with Crippen molar-refractivity contribution in [3.05, 3.63) is 76.3 Å². The lowest BCUT2D eigenvalue weighted by Gasteiger charge is -2.18. The van der Waals surface area contributed by atoms with E-state index in [4.69, 9.17) is 13.6 Å². The van der Waals surface area contributed by atoms with E-state index in [0.717, 1.165) is 34.1 Å². The summed E-state index contributed by atoms with van der Waals surface area (Å²) in [6.45, 7) is 2.36.